The molecule has 0 aliphatic rings. The number of hydrogen-bond acceptors (Lipinski definition) is 4. The molecule has 0 radical (unpaired) electrons. The molecule has 0 aromatic rings. The van der Waals surface area contributed by atoms with Gasteiger partial charge < -0.3 is 16.8 Å². The molecular formula is C8H17N3O2S. The first-order chi connectivity index (χ1) is 6.57. The fraction of sp³-hybridized carbons (Fsp3) is 0.750. The molecule has 6 heteroatoms. The summed E-state index contributed by atoms with van der Waals surface area (Å²) in [4.78, 5) is 21.6. The van der Waals surface area contributed by atoms with Gasteiger partial charge in [0.05, 0.1) is 6.04 Å². The summed E-state index contributed by atoms with van der Waals surface area (Å²) in [6, 6.07) is -0.490. The lowest BCUT2D eigenvalue weighted by Gasteiger charge is -2.10. The number of carbonyl (C=O) groups excluding carboxylic acids is 2. The van der Waals surface area contributed by atoms with Gasteiger partial charge >= 0.3 is 0 Å². The molecule has 0 aliphatic carbocycles. The van der Waals surface area contributed by atoms with Crippen LogP contribution in [0.15, 0.2) is 0 Å². The average Bonchev–Trinajstić information content (AvgIpc) is 2.13. The highest BCUT2D eigenvalue weighted by Gasteiger charge is 2.11. The van der Waals surface area contributed by atoms with E-state index in [0.29, 0.717) is 6.42 Å². The van der Waals surface area contributed by atoms with E-state index in [4.69, 9.17) is 11.5 Å². The maximum absolute atomic E-state index is 11.2. The van der Waals surface area contributed by atoms with Gasteiger partial charge in [-0.25, -0.2) is 0 Å². The molecular weight excluding hydrogens is 202 g/mol. The van der Waals surface area contributed by atoms with Gasteiger partial charge in [0.25, 0.3) is 0 Å². The van der Waals surface area contributed by atoms with Crippen molar-refractivity contribution >= 4 is 23.6 Å². The molecule has 14 heavy (non-hydrogen) atoms. The molecule has 0 saturated carbocycles. The minimum atomic E-state index is -0.490. The van der Waals surface area contributed by atoms with E-state index in [1.807, 2.05) is 6.26 Å². The van der Waals surface area contributed by atoms with Gasteiger partial charge in [0, 0.05) is 13.0 Å². The fourth-order valence-electron chi connectivity index (χ4n) is 0.816. The molecule has 1 atom stereocenters. The van der Waals surface area contributed by atoms with Crippen molar-refractivity contribution in [1.82, 2.24) is 5.32 Å². The first kappa shape index (κ1) is 13.2. The second-order valence-corrected chi connectivity index (χ2v) is 3.88. The third kappa shape index (κ3) is 6.73. The highest BCUT2D eigenvalue weighted by atomic mass is 32.2. The van der Waals surface area contributed by atoms with E-state index in [-0.39, 0.29) is 18.9 Å². The van der Waals surface area contributed by atoms with Crippen LogP contribution >= 0.6 is 11.8 Å². The van der Waals surface area contributed by atoms with Crippen molar-refractivity contribution in [1.29, 1.82) is 0 Å². The maximum Gasteiger partial charge on any atom is 0.236 e. The third-order valence-electron chi connectivity index (χ3n) is 1.64. The van der Waals surface area contributed by atoms with Crippen molar-refractivity contribution in [3.05, 3.63) is 0 Å². The number of nitrogens with one attached hydrogen (secondary N) is 1. The summed E-state index contributed by atoms with van der Waals surface area (Å²) in [5, 5.41) is 2.55. The Morgan fingerprint density at radius 2 is 2.14 bits per heavy atom. The lowest BCUT2D eigenvalue weighted by molar-refractivity contribution is -0.122. The van der Waals surface area contributed by atoms with Gasteiger partial charge in [-0.1, -0.05) is 0 Å². The Bertz CT molecular complexity index is 199. The van der Waals surface area contributed by atoms with E-state index in [1.54, 1.807) is 11.8 Å². The number of hydrogen-bond donors (Lipinski definition) is 3. The summed E-state index contributed by atoms with van der Waals surface area (Å²) in [5.41, 5.74) is 10.5. The van der Waals surface area contributed by atoms with E-state index < -0.39 is 11.9 Å². The average molecular weight is 219 g/mol. The number of carbonyl (C=O) groups is 2. The highest BCUT2D eigenvalue weighted by Crippen LogP contribution is 1.98. The van der Waals surface area contributed by atoms with Crippen LogP contribution in [-0.4, -0.2) is 36.4 Å². The van der Waals surface area contributed by atoms with Crippen molar-refractivity contribution in [2.45, 2.75) is 18.9 Å². The van der Waals surface area contributed by atoms with Crippen LogP contribution in [0.1, 0.15) is 12.8 Å². The van der Waals surface area contributed by atoms with Crippen molar-refractivity contribution in [2.75, 3.05) is 18.6 Å². The van der Waals surface area contributed by atoms with Crippen LogP contribution in [0.25, 0.3) is 0 Å². The van der Waals surface area contributed by atoms with E-state index in [1.165, 1.54) is 0 Å². The van der Waals surface area contributed by atoms with E-state index in [9.17, 15) is 9.59 Å². The molecule has 5 N–H and O–H groups in total. The predicted molar refractivity (Wildman–Crippen MR) is 57.8 cm³/mol. The van der Waals surface area contributed by atoms with Crippen LogP contribution in [0.5, 0.6) is 0 Å². The fourth-order valence-corrected chi connectivity index (χ4v) is 1.31. The Morgan fingerprint density at radius 1 is 1.50 bits per heavy atom. The number of rotatable bonds is 7. The summed E-state index contributed by atoms with van der Waals surface area (Å²) >= 11 is 1.64. The maximum atomic E-state index is 11.2. The van der Waals surface area contributed by atoms with Gasteiger partial charge in [-0.2, -0.15) is 11.8 Å². The quantitative estimate of drug-likeness (QED) is 0.514. The number of nitrogens with two attached hydrogens (primary N) is 2. The topological polar surface area (TPSA) is 98.2 Å². The Kier molecular flexibility index (Phi) is 7.23. The molecule has 5 nitrogen and oxygen atoms in total. The minimum Gasteiger partial charge on any atom is -0.370 e. The van der Waals surface area contributed by atoms with Gasteiger partial charge in [0.15, 0.2) is 0 Å². The molecule has 2 amide bonds. The zero-order valence-corrected chi connectivity index (χ0v) is 9.10. The van der Waals surface area contributed by atoms with Crippen LogP contribution in [-0.2, 0) is 9.59 Å². The predicted octanol–water partition coefficient (Wildman–Crippen LogP) is -0.942. The molecule has 0 aromatic carbocycles. The normalized spacial score (nSPS) is 12.1. The molecule has 0 fully saturated rings. The third-order valence-corrected chi connectivity index (χ3v) is 2.28. The minimum absolute atomic E-state index is 0.154. The zero-order valence-electron chi connectivity index (χ0n) is 8.29. The van der Waals surface area contributed by atoms with Gasteiger partial charge in [0.1, 0.15) is 0 Å². The SMILES string of the molecule is CSCC[C@H](N)C(=O)NCCC(N)=O. The smallest absolute Gasteiger partial charge is 0.236 e. The van der Waals surface area contributed by atoms with Crippen LogP contribution in [0.4, 0.5) is 0 Å². The van der Waals surface area contributed by atoms with E-state index in [0.717, 1.165) is 5.75 Å². The van der Waals surface area contributed by atoms with Crippen molar-refractivity contribution in [3.8, 4) is 0 Å². The summed E-state index contributed by atoms with van der Waals surface area (Å²) in [7, 11) is 0. The number of primary amides is 1. The van der Waals surface area contributed by atoms with Crippen molar-refractivity contribution in [2.24, 2.45) is 11.5 Å². The lowest BCUT2D eigenvalue weighted by atomic mass is 10.2. The Hall–Kier alpha value is -0.750. The molecule has 0 aromatic heterocycles. The number of thioether (sulfide) groups is 1. The molecule has 0 spiro atoms. The molecule has 0 heterocycles. The second-order valence-electron chi connectivity index (χ2n) is 2.90. The van der Waals surface area contributed by atoms with Crippen LogP contribution in [0.3, 0.4) is 0 Å². The molecule has 82 valence electrons. The van der Waals surface area contributed by atoms with Crippen LogP contribution in [0, 0.1) is 0 Å². The van der Waals surface area contributed by atoms with Gasteiger partial charge in [-0.05, 0) is 18.4 Å². The Labute approximate surface area is 88.0 Å². The monoisotopic (exact) mass is 219 g/mol. The van der Waals surface area contributed by atoms with E-state index in [2.05, 4.69) is 5.32 Å². The van der Waals surface area contributed by atoms with Crippen molar-refractivity contribution in [3.63, 3.8) is 0 Å². The van der Waals surface area contributed by atoms with E-state index >= 15 is 0 Å². The van der Waals surface area contributed by atoms with Gasteiger partial charge in [-0.15, -0.1) is 0 Å². The summed E-state index contributed by atoms with van der Waals surface area (Å²) < 4.78 is 0. The molecule has 0 saturated heterocycles. The molecule has 0 unspecified atom stereocenters. The Morgan fingerprint density at radius 3 is 2.64 bits per heavy atom. The Balaban J connectivity index is 3.56. The lowest BCUT2D eigenvalue weighted by Crippen LogP contribution is -2.41. The number of amides is 2. The standard InChI is InChI=1S/C8H17N3O2S/c1-14-5-3-6(9)8(13)11-4-2-7(10)12/h6H,2-5,9H2,1H3,(H2,10,12)(H,11,13)/t6-/m0/s1. The zero-order chi connectivity index (χ0) is 11.0. The summed E-state index contributed by atoms with van der Waals surface area (Å²) in [5.74, 6) is 0.202. The molecule has 0 aliphatic heterocycles. The van der Waals surface area contributed by atoms with Crippen molar-refractivity contribution < 1.29 is 9.59 Å². The largest absolute Gasteiger partial charge is 0.370 e. The molecule has 0 rings (SSSR count). The first-order valence-electron chi connectivity index (χ1n) is 4.38. The summed E-state index contributed by atoms with van der Waals surface area (Å²) in [6.45, 7) is 0.265. The van der Waals surface area contributed by atoms with Crippen LogP contribution < -0.4 is 16.8 Å². The highest BCUT2D eigenvalue weighted by molar-refractivity contribution is 7.98. The second kappa shape index (κ2) is 7.64. The first-order valence-corrected chi connectivity index (χ1v) is 5.78. The van der Waals surface area contributed by atoms with Gasteiger partial charge in [0.2, 0.25) is 11.8 Å². The van der Waals surface area contributed by atoms with Crippen LogP contribution in [0.2, 0.25) is 0 Å². The molecule has 0 bridgehead atoms. The van der Waals surface area contributed by atoms with Gasteiger partial charge in [-0.3, -0.25) is 9.59 Å². The summed E-state index contributed by atoms with van der Waals surface area (Å²) in [6.07, 6.45) is 2.75.